The van der Waals surface area contributed by atoms with Crippen molar-refractivity contribution in [1.29, 1.82) is 0 Å². The SMILES string of the molecule is CCC(=O)N1CCCC1C.CCC(=O)N1CCCC1C.CCNC(=O)CC.CCNC(=O)CC. The minimum Gasteiger partial charge on any atom is -0.356 e. The summed E-state index contributed by atoms with van der Waals surface area (Å²) < 4.78 is 0. The molecule has 8 heteroatoms. The quantitative estimate of drug-likeness (QED) is 0.598. The Morgan fingerprint density at radius 3 is 1.09 bits per heavy atom. The van der Waals surface area contributed by atoms with Gasteiger partial charge in [-0.1, -0.05) is 27.7 Å². The fourth-order valence-electron chi connectivity index (χ4n) is 3.66. The van der Waals surface area contributed by atoms with Gasteiger partial charge in [0, 0.05) is 63.9 Å². The maximum absolute atomic E-state index is 11.2. The van der Waals surface area contributed by atoms with Gasteiger partial charge in [-0.05, 0) is 53.4 Å². The van der Waals surface area contributed by atoms with Crippen LogP contribution in [0.5, 0.6) is 0 Å². The lowest BCUT2D eigenvalue weighted by atomic mass is 10.2. The molecule has 34 heavy (non-hydrogen) atoms. The van der Waals surface area contributed by atoms with Gasteiger partial charge in [-0.25, -0.2) is 0 Å². The molecule has 0 aromatic heterocycles. The van der Waals surface area contributed by atoms with E-state index >= 15 is 0 Å². The number of carbonyl (C=O) groups excluding carboxylic acids is 4. The van der Waals surface area contributed by atoms with Crippen molar-refractivity contribution in [1.82, 2.24) is 20.4 Å². The third kappa shape index (κ3) is 15.7. The molecular weight excluding hydrogens is 432 g/mol. The Hall–Kier alpha value is -2.12. The van der Waals surface area contributed by atoms with Crippen LogP contribution < -0.4 is 10.6 Å². The molecule has 0 saturated carbocycles. The maximum Gasteiger partial charge on any atom is 0.222 e. The molecule has 2 aliphatic rings. The van der Waals surface area contributed by atoms with Gasteiger partial charge in [-0.3, -0.25) is 19.2 Å². The summed E-state index contributed by atoms with van der Waals surface area (Å²) in [5.74, 6) is 0.875. The van der Waals surface area contributed by atoms with Crippen LogP contribution in [0.25, 0.3) is 0 Å². The molecule has 0 aliphatic carbocycles. The lowest BCUT2D eigenvalue weighted by Gasteiger charge is -2.20. The summed E-state index contributed by atoms with van der Waals surface area (Å²) in [6.07, 6.45) is 7.24. The lowest BCUT2D eigenvalue weighted by Crippen LogP contribution is -2.32. The summed E-state index contributed by atoms with van der Waals surface area (Å²) in [5, 5.41) is 5.31. The van der Waals surface area contributed by atoms with Crippen LogP contribution in [0.4, 0.5) is 0 Å². The second-order valence-electron chi connectivity index (χ2n) is 8.48. The molecule has 2 unspecified atom stereocenters. The Balaban J connectivity index is 0. The second-order valence-corrected chi connectivity index (χ2v) is 8.48. The molecule has 0 aromatic carbocycles. The minimum absolute atomic E-state index is 0.127. The van der Waals surface area contributed by atoms with Gasteiger partial charge in [0.05, 0.1) is 0 Å². The number of nitrogens with one attached hydrogen (secondary N) is 2. The number of hydrogen-bond donors (Lipinski definition) is 2. The van der Waals surface area contributed by atoms with Crippen molar-refractivity contribution >= 4 is 23.6 Å². The zero-order valence-electron chi connectivity index (χ0n) is 23.2. The fourth-order valence-corrected chi connectivity index (χ4v) is 3.66. The van der Waals surface area contributed by atoms with Crippen molar-refractivity contribution in [3.63, 3.8) is 0 Å². The van der Waals surface area contributed by atoms with Crippen LogP contribution in [0, 0.1) is 0 Å². The number of hydrogen-bond acceptors (Lipinski definition) is 4. The molecule has 2 atom stereocenters. The average molecular weight is 485 g/mol. The van der Waals surface area contributed by atoms with E-state index < -0.39 is 0 Å². The molecule has 0 radical (unpaired) electrons. The zero-order valence-corrected chi connectivity index (χ0v) is 23.2. The van der Waals surface area contributed by atoms with Crippen molar-refractivity contribution in [3.05, 3.63) is 0 Å². The first-order valence-electron chi connectivity index (χ1n) is 13.2. The van der Waals surface area contributed by atoms with Crippen LogP contribution in [0.1, 0.15) is 107 Å². The molecule has 200 valence electrons. The summed E-state index contributed by atoms with van der Waals surface area (Å²) in [5.41, 5.74) is 0. The van der Waals surface area contributed by atoms with E-state index in [0.29, 0.717) is 49.6 Å². The summed E-state index contributed by atoms with van der Waals surface area (Å²) in [6.45, 7) is 19.0. The van der Waals surface area contributed by atoms with Gasteiger partial charge in [0.25, 0.3) is 0 Å². The molecule has 2 saturated heterocycles. The predicted molar refractivity (Wildman–Crippen MR) is 139 cm³/mol. The molecule has 0 aromatic rings. The highest BCUT2D eigenvalue weighted by molar-refractivity contribution is 5.77. The molecule has 2 heterocycles. The molecule has 2 aliphatic heterocycles. The van der Waals surface area contributed by atoms with Gasteiger partial charge < -0.3 is 20.4 Å². The van der Waals surface area contributed by atoms with E-state index in [1.54, 1.807) is 0 Å². The van der Waals surface area contributed by atoms with Crippen LogP contribution in [0.2, 0.25) is 0 Å². The standard InChI is InChI=1S/2C8H15NO.2C5H11NO/c2*1-3-8(10)9-6-4-5-7(9)2;2*1-3-5(7)6-4-2/h2*7H,3-6H2,1-2H3;2*3-4H2,1-2H3,(H,6,7). The van der Waals surface area contributed by atoms with Gasteiger partial charge in [0.2, 0.25) is 23.6 Å². The molecule has 8 nitrogen and oxygen atoms in total. The first-order chi connectivity index (χ1) is 16.1. The zero-order chi connectivity index (χ0) is 26.5. The Bertz CT molecular complexity index is 533. The van der Waals surface area contributed by atoms with Crippen molar-refractivity contribution < 1.29 is 19.2 Å². The summed E-state index contributed by atoms with van der Waals surface area (Å²) in [6, 6.07) is 0.986. The monoisotopic (exact) mass is 484 g/mol. The molecule has 2 fully saturated rings. The first-order valence-corrected chi connectivity index (χ1v) is 13.2. The maximum atomic E-state index is 11.2. The Kier molecular flexibility index (Phi) is 21.4. The van der Waals surface area contributed by atoms with Crippen LogP contribution in [-0.2, 0) is 19.2 Å². The van der Waals surface area contributed by atoms with E-state index in [-0.39, 0.29) is 11.8 Å². The molecule has 4 amide bonds. The van der Waals surface area contributed by atoms with Gasteiger partial charge in [0.1, 0.15) is 0 Å². The van der Waals surface area contributed by atoms with Crippen molar-refractivity contribution in [2.75, 3.05) is 26.2 Å². The van der Waals surface area contributed by atoms with Crippen LogP contribution in [0.3, 0.4) is 0 Å². The third-order valence-corrected chi connectivity index (χ3v) is 5.74. The minimum atomic E-state index is 0.127. The number of rotatable bonds is 6. The average Bonchev–Trinajstić information content (AvgIpc) is 3.47. The van der Waals surface area contributed by atoms with Crippen molar-refractivity contribution in [2.24, 2.45) is 0 Å². The number of amides is 4. The van der Waals surface area contributed by atoms with E-state index in [1.807, 2.05) is 51.3 Å². The van der Waals surface area contributed by atoms with Gasteiger partial charge in [-0.2, -0.15) is 0 Å². The van der Waals surface area contributed by atoms with Gasteiger partial charge in [-0.15, -0.1) is 0 Å². The van der Waals surface area contributed by atoms with Gasteiger partial charge in [0.15, 0.2) is 0 Å². The van der Waals surface area contributed by atoms with Crippen molar-refractivity contribution in [3.8, 4) is 0 Å². The first kappa shape index (κ1) is 34.0. The largest absolute Gasteiger partial charge is 0.356 e. The number of carbonyl (C=O) groups is 4. The smallest absolute Gasteiger partial charge is 0.222 e. The Labute approximate surface area is 208 Å². The summed E-state index contributed by atoms with van der Waals surface area (Å²) >= 11 is 0. The predicted octanol–water partition coefficient (Wildman–Crippen LogP) is 3.88. The van der Waals surface area contributed by atoms with E-state index in [2.05, 4.69) is 24.5 Å². The van der Waals surface area contributed by atoms with E-state index in [0.717, 1.165) is 26.2 Å². The van der Waals surface area contributed by atoms with Crippen LogP contribution >= 0.6 is 0 Å². The fraction of sp³-hybridized carbons (Fsp3) is 0.846. The number of likely N-dealkylation sites (tertiary alicyclic amines) is 2. The normalized spacial score (nSPS) is 18.4. The molecule has 2 N–H and O–H groups in total. The van der Waals surface area contributed by atoms with E-state index in [1.165, 1.54) is 25.7 Å². The molecule has 0 spiro atoms. The lowest BCUT2D eigenvalue weighted by molar-refractivity contribution is -0.132. The second kappa shape index (κ2) is 21.4. The summed E-state index contributed by atoms with van der Waals surface area (Å²) in [7, 11) is 0. The Morgan fingerprint density at radius 2 is 0.941 bits per heavy atom. The molecular formula is C26H52N4O4. The third-order valence-electron chi connectivity index (χ3n) is 5.74. The highest BCUT2D eigenvalue weighted by Gasteiger charge is 2.23. The van der Waals surface area contributed by atoms with Crippen molar-refractivity contribution in [2.45, 2.75) is 119 Å². The molecule has 0 bridgehead atoms. The number of nitrogens with zero attached hydrogens (tertiary/aromatic N) is 2. The van der Waals surface area contributed by atoms with Crippen LogP contribution in [0.15, 0.2) is 0 Å². The molecule has 2 rings (SSSR count). The summed E-state index contributed by atoms with van der Waals surface area (Å²) in [4.78, 5) is 46.9. The van der Waals surface area contributed by atoms with E-state index in [4.69, 9.17) is 0 Å². The van der Waals surface area contributed by atoms with Crippen LogP contribution in [-0.4, -0.2) is 71.7 Å². The van der Waals surface area contributed by atoms with Gasteiger partial charge >= 0.3 is 0 Å². The highest BCUT2D eigenvalue weighted by atomic mass is 16.2. The Morgan fingerprint density at radius 1 is 0.618 bits per heavy atom. The van der Waals surface area contributed by atoms with E-state index in [9.17, 15) is 19.2 Å². The highest BCUT2D eigenvalue weighted by Crippen LogP contribution is 2.17. The topological polar surface area (TPSA) is 98.8 Å².